The summed E-state index contributed by atoms with van der Waals surface area (Å²) in [4.78, 5) is 0. The van der Waals surface area contributed by atoms with Crippen molar-refractivity contribution in [2.24, 2.45) is 0 Å². The van der Waals surface area contributed by atoms with Gasteiger partial charge in [0.1, 0.15) is 0 Å². The van der Waals surface area contributed by atoms with E-state index in [-0.39, 0.29) is 0 Å². The summed E-state index contributed by atoms with van der Waals surface area (Å²) in [7, 11) is -3.35. The van der Waals surface area contributed by atoms with Gasteiger partial charge in [-0.05, 0) is 37.0 Å². The Balaban J connectivity index is 2.17. The Hall–Kier alpha value is -1.11. The van der Waals surface area contributed by atoms with Gasteiger partial charge in [-0.1, -0.05) is 19.1 Å². The molecule has 1 aliphatic heterocycles. The summed E-state index contributed by atoms with van der Waals surface area (Å²) in [5, 5.41) is 0. The molecular weight excluding hydrogens is 274 g/mol. The summed E-state index contributed by atoms with van der Waals surface area (Å²) in [5.74, 6) is 0. The second-order valence-corrected chi connectivity index (χ2v) is 7.12. The average Bonchev–Trinajstić information content (AvgIpc) is 2.93. The van der Waals surface area contributed by atoms with Crippen LogP contribution in [0.4, 0.5) is 5.69 Å². The molecule has 0 bridgehead atoms. The average molecular weight is 297 g/mol. The quantitative estimate of drug-likeness (QED) is 0.815. The van der Waals surface area contributed by atoms with Crippen LogP contribution in [0.25, 0.3) is 0 Å². The molecule has 1 aliphatic rings. The first-order valence-electron chi connectivity index (χ1n) is 7.13. The SMILES string of the molecule is CCCN(Cc1cccc(N)c1)S(=O)(=O)N1CCCC1. The molecule has 6 heteroatoms. The van der Waals surface area contributed by atoms with Gasteiger partial charge < -0.3 is 5.73 Å². The number of nitrogen functional groups attached to an aromatic ring is 1. The Bertz CT molecular complexity index is 539. The molecule has 0 amide bonds. The monoisotopic (exact) mass is 297 g/mol. The lowest BCUT2D eigenvalue weighted by atomic mass is 10.2. The maximum atomic E-state index is 12.6. The second-order valence-electron chi connectivity index (χ2n) is 5.19. The van der Waals surface area contributed by atoms with Gasteiger partial charge in [-0.3, -0.25) is 0 Å². The maximum Gasteiger partial charge on any atom is 0.282 e. The van der Waals surface area contributed by atoms with Gasteiger partial charge in [0.15, 0.2) is 0 Å². The summed E-state index contributed by atoms with van der Waals surface area (Å²) in [5.41, 5.74) is 7.36. The van der Waals surface area contributed by atoms with Crippen LogP contribution < -0.4 is 5.73 Å². The Kier molecular flexibility index (Phi) is 5.01. The normalized spacial score (nSPS) is 16.9. The maximum absolute atomic E-state index is 12.6. The zero-order valence-corrected chi connectivity index (χ0v) is 12.8. The first-order valence-corrected chi connectivity index (χ1v) is 8.53. The molecule has 0 spiro atoms. The van der Waals surface area contributed by atoms with Gasteiger partial charge in [-0.25, -0.2) is 0 Å². The van der Waals surface area contributed by atoms with Crippen LogP contribution in [0.3, 0.4) is 0 Å². The second kappa shape index (κ2) is 6.56. The smallest absolute Gasteiger partial charge is 0.282 e. The molecule has 1 heterocycles. The molecule has 1 aromatic carbocycles. The van der Waals surface area contributed by atoms with Crippen molar-refractivity contribution in [1.29, 1.82) is 0 Å². The topological polar surface area (TPSA) is 66.6 Å². The third-order valence-electron chi connectivity index (χ3n) is 3.50. The van der Waals surface area contributed by atoms with Crippen molar-refractivity contribution in [3.05, 3.63) is 29.8 Å². The van der Waals surface area contributed by atoms with Crippen molar-refractivity contribution in [2.75, 3.05) is 25.4 Å². The summed E-state index contributed by atoms with van der Waals surface area (Å²) < 4.78 is 28.4. The highest BCUT2D eigenvalue weighted by molar-refractivity contribution is 7.86. The molecule has 0 aromatic heterocycles. The number of nitrogens with two attached hydrogens (primary N) is 1. The summed E-state index contributed by atoms with van der Waals surface area (Å²) in [6.07, 6.45) is 2.71. The molecule has 1 aromatic rings. The molecule has 1 saturated heterocycles. The third kappa shape index (κ3) is 3.50. The molecule has 0 saturated carbocycles. The standard InChI is InChI=1S/C14H23N3O2S/c1-2-8-17(12-13-6-5-7-14(15)11-13)20(18,19)16-9-3-4-10-16/h5-7,11H,2-4,8-10,12,15H2,1H3. The Labute approximate surface area is 121 Å². The van der Waals surface area contributed by atoms with Gasteiger partial charge in [-0.15, -0.1) is 0 Å². The van der Waals surface area contributed by atoms with Crippen LogP contribution in [0.1, 0.15) is 31.7 Å². The highest BCUT2D eigenvalue weighted by Gasteiger charge is 2.31. The Morgan fingerprint density at radius 2 is 2.00 bits per heavy atom. The number of anilines is 1. The van der Waals surface area contributed by atoms with Crippen LogP contribution in [-0.2, 0) is 16.8 Å². The predicted molar refractivity (Wildman–Crippen MR) is 81.3 cm³/mol. The van der Waals surface area contributed by atoms with E-state index in [1.165, 1.54) is 0 Å². The van der Waals surface area contributed by atoms with Crippen molar-refractivity contribution in [1.82, 2.24) is 8.61 Å². The molecule has 20 heavy (non-hydrogen) atoms. The lowest BCUT2D eigenvalue weighted by Gasteiger charge is -2.27. The molecule has 2 N–H and O–H groups in total. The van der Waals surface area contributed by atoms with Gasteiger partial charge >= 0.3 is 0 Å². The lowest BCUT2D eigenvalue weighted by molar-refractivity contribution is 0.355. The zero-order chi connectivity index (χ0) is 14.6. The predicted octanol–water partition coefficient (Wildman–Crippen LogP) is 1.82. The van der Waals surface area contributed by atoms with E-state index >= 15 is 0 Å². The molecule has 0 radical (unpaired) electrons. The van der Waals surface area contributed by atoms with Crippen molar-refractivity contribution >= 4 is 15.9 Å². The van der Waals surface area contributed by atoms with Crippen LogP contribution in [0, 0.1) is 0 Å². The van der Waals surface area contributed by atoms with Gasteiger partial charge in [0.05, 0.1) is 0 Å². The Morgan fingerprint density at radius 1 is 1.30 bits per heavy atom. The highest BCUT2D eigenvalue weighted by Crippen LogP contribution is 2.19. The molecular formula is C14H23N3O2S. The number of hydrogen-bond donors (Lipinski definition) is 1. The molecule has 112 valence electrons. The van der Waals surface area contributed by atoms with E-state index in [9.17, 15) is 8.42 Å². The molecule has 5 nitrogen and oxygen atoms in total. The van der Waals surface area contributed by atoms with Crippen molar-refractivity contribution in [2.45, 2.75) is 32.7 Å². The van der Waals surface area contributed by atoms with Gasteiger partial charge in [0.25, 0.3) is 10.2 Å². The van der Waals surface area contributed by atoms with E-state index in [0.717, 1.165) is 24.8 Å². The third-order valence-corrected chi connectivity index (χ3v) is 5.48. The first kappa shape index (κ1) is 15.3. The number of rotatable bonds is 6. The zero-order valence-electron chi connectivity index (χ0n) is 12.0. The van der Waals surface area contributed by atoms with Gasteiger partial charge in [0, 0.05) is 31.9 Å². The minimum atomic E-state index is -3.35. The lowest BCUT2D eigenvalue weighted by Crippen LogP contribution is -2.42. The van der Waals surface area contributed by atoms with E-state index in [4.69, 9.17) is 5.73 Å². The van der Waals surface area contributed by atoms with Crippen LogP contribution in [0.15, 0.2) is 24.3 Å². The fraction of sp³-hybridized carbons (Fsp3) is 0.571. The van der Waals surface area contributed by atoms with E-state index in [1.54, 1.807) is 8.61 Å². The van der Waals surface area contributed by atoms with Crippen LogP contribution >= 0.6 is 0 Å². The Morgan fingerprint density at radius 3 is 2.60 bits per heavy atom. The van der Waals surface area contributed by atoms with Crippen LogP contribution in [0.5, 0.6) is 0 Å². The molecule has 0 unspecified atom stereocenters. The van der Waals surface area contributed by atoms with Crippen molar-refractivity contribution in [3.63, 3.8) is 0 Å². The molecule has 2 rings (SSSR count). The molecule has 0 aliphatic carbocycles. The fourth-order valence-electron chi connectivity index (χ4n) is 2.50. The highest BCUT2D eigenvalue weighted by atomic mass is 32.2. The van der Waals surface area contributed by atoms with E-state index in [1.807, 2.05) is 31.2 Å². The van der Waals surface area contributed by atoms with Gasteiger partial charge in [0.2, 0.25) is 0 Å². The van der Waals surface area contributed by atoms with Crippen LogP contribution in [-0.4, -0.2) is 36.7 Å². The number of benzene rings is 1. The molecule has 1 fully saturated rings. The van der Waals surface area contributed by atoms with Crippen LogP contribution in [0.2, 0.25) is 0 Å². The van der Waals surface area contributed by atoms with Crippen molar-refractivity contribution in [3.8, 4) is 0 Å². The number of hydrogen-bond acceptors (Lipinski definition) is 3. The largest absolute Gasteiger partial charge is 0.399 e. The van der Waals surface area contributed by atoms with Gasteiger partial charge in [-0.2, -0.15) is 17.0 Å². The molecule has 0 atom stereocenters. The van der Waals surface area contributed by atoms with E-state index in [2.05, 4.69) is 0 Å². The van der Waals surface area contributed by atoms with Crippen molar-refractivity contribution < 1.29 is 8.42 Å². The summed E-state index contributed by atoms with van der Waals surface area (Å²) in [6, 6.07) is 7.42. The number of nitrogens with zero attached hydrogens (tertiary/aromatic N) is 2. The fourth-order valence-corrected chi connectivity index (χ4v) is 4.27. The van der Waals surface area contributed by atoms with E-state index < -0.39 is 10.2 Å². The first-order chi connectivity index (χ1) is 9.54. The summed E-state index contributed by atoms with van der Waals surface area (Å²) in [6.45, 7) is 4.19. The summed E-state index contributed by atoms with van der Waals surface area (Å²) >= 11 is 0. The minimum Gasteiger partial charge on any atom is -0.399 e. The minimum absolute atomic E-state index is 0.387. The van der Waals surface area contributed by atoms with E-state index in [0.29, 0.717) is 31.9 Å².